The van der Waals surface area contributed by atoms with Gasteiger partial charge in [0.2, 0.25) is 0 Å². The van der Waals surface area contributed by atoms with Crippen LogP contribution in [0.2, 0.25) is 10.0 Å². The summed E-state index contributed by atoms with van der Waals surface area (Å²) in [6, 6.07) is 10.2. The Hall–Kier alpha value is -2.39. The predicted octanol–water partition coefficient (Wildman–Crippen LogP) is 3.16. The summed E-state index contributed by atoms with van der Waals surface area (Å²) in [6.45, 7) is 2.24. The number of benzene rings is 2. The van der Waals surface area contributed by atoms with Gasteiger partial charge in [-0.05, 0) is 53.5 Å². The molecule has 0 aliphatic carbocycles. The number of carbonyl (C=O) groups excluding carboxylic acids is 1. The molecule has 31 heavy (non-hydrogen) atoms. The third-order valence-corrected chi connectivity index (χ3v) is 5.95. The van der Waals surface area contributed by atoms with Crippen molar-refractivity contribution in [1.29, 1.82) is 0 Å². The number of nitrogens with zero attached hydrogens (tertiary/aromatic N) is 3. The van der Waals surface area contributed by atoms with E-state index in [-0.39, 0.29) is 18.6 Å². The number of rotatable bonds is 7. The number of aliphatic hydroxyl groups excluding tert-OH is 1. The number of ether oxygens (including phenoxy) is 1. The van der Waals surface area contributed by atoms with Crippen LogP contribution in [0.3, 0.4) is 0 Å². The molecule has 1 atom stereocenters. The molecule has 4 rings (SSSR count). The monoisotopic (exact) mass is 464 g/mol. The number of hydrogen-bond donors (Lipinski definition) is 2. The van der Waals surface area contributed by atoms with Crippen molar-refractivity contribution in [3.63, 3.8) is 0 Å². The molecule has 0 spiro atoms. The Morgan fingerprint density at radius 3 is 2.71 bits per heavy atom. The number of amides is 1. The summed E-state index contributed by atoms with van der Waals surface area (Å²) in [5, 5.41) is 21.5. The van der Waals surface area contributed by atoms with Gasteiger partial charge in [-0.2, -0.15) is 0 Å². The van der Waals surface area contributed by atoms with Crippen molar-refractivity contribution in [1.82, 2.24) is 20.5 Å². The zero-order chi connectivity index (χ0) is 21.8. The molecule has 8 nitrogen and oxygen atoms in total. The van der Waals surface area contributed by atoms with Crippen LogP contribution < -0.4 is 10.1 Å². The summed E-state index contributed by atoms with van der Waals surface area (Å²) >= 11 is 12.0. The lowest BCUT2D eigenvalue weighted by Crippen LogP contribution is -2.45. The molecule has 1 aliphatic rings. The van der Waals surface area contributed by atoms with Crippen LogP contribution in [-0.2, 0) is 0 Å². The van der Waals surface area contributed by atoms with E-state index in [0.29, 0.717) is 38.9 Å². The first-order valence-electron chi connectivity index (χ1n) is 10.0. The molecule has 164 valence electrons. The highest BCUT2D eigenvalue weighted by Crippen LogP contribution is 2.28. The van der Waals surface area contributed by atoms with Crippen molar-refractivity contribution in [2.24, 2.45) is 0 Å². The summed E-state index contributed by atoms with van der Waals surface area (Å²) in [5.74, 6) is 0.424. The molecule has 10 heteroatoms. The van der Waals surface area contributed by atoms with Crippen LogP contribution in [0.5, 0.6) is 5.75 Å². The van der Waals surface area contributed by atoms with Gasteiger partial charge in [-0.15, -0.1) is 0 Å². The molecule has 0 radical (unpaired) electrons. The number of β-amino-alcohol motifs (C(OH)–C–C–N with tert-alkyl or cyclic N) is 1. The number of likely N-dealkylation sites (tertiary alicyclic amines) is 1. The molecule has 1 unspecified atom stereocenters. The molecular formula is C21H22Cl2N4O4. The second kappa shape index (κ2) is 9.82. The third kappa shape index (κ3) is 5.65. The van der Waals surface area contributed by atoms with Crippen molar-refractivity contribution < 1.29 is 19.3 Å². The summed E-state index contributed by atoms with van der Waals surface area (Å²) in [5.41, 5.74) is 1.54. The Morgan fingerprint density at radius 2 is 1.94 bits per heavy atom. The molecule has 1 aliphatic heterocycles. The Balaban J connectivity index is 1.19. The highest BCUT2D eigenvalue weighted by Gasteiger charge is 2.23. The smallest absolute Gasteiger partial charge is 0.251 e. The van der Waals surface area contributed by atoms with Crippen LogP contribution in [0.15, 0.2) is 41.0 Å². The van der Waals surface area contributed by atoms with E-state index < -0.39 is 6.10 Å². The largest absolute Gasteiger partial charge is 0.490 e. The average molecular weight is 465 g/mol. The number of hydrogen-bond acceptors (Lipinski definition) is 7. The Morgan fingerprint density at radius 1 is 1.16 bits per heavy atom. The van der Waals surface area contributed by atoms with E-state index in [1.165, 1.54) is 0 Å². The first-order chi connectivity index (χ1) is 15.0. The lowest BCUT2D eigenvalue weighted by atomic mass is 10.1. The number of piperidine rings is 1. The standard InChI is InChI=1S/C21H22Cl2N4O4/c22-17-3-2-16(10-18(17)23)30-15-5-7-27(8-6-15)12-14(28)11-24-21(29)13-1-4-19-20(9-13)26-31-25-19/h1-4,9-10,14-15,28H,5-8,11-12H2,(H,24,29). The maximum Gasteiger partial charge on any atom is 0.251 e. The topological polar surface area (TPSA) is 101 Å². The molecular weight excluding hydrogens is 443 g/mol. The Kier molecular flexibility index (Phi) is 6.92. The molecule has 1 amide bonds. The Bertz CT molecular complexity index is 1050. The van der Waals surface area contributed by atoms with Gasteiger partial charge in [0.1, 0.15) is 22.9 Å². The summed E-state index contributed by atoms with van der Waals surface area (Å²) in [4.78, 5) is 14.5. The molecule has 2 heterocycles. The van der Waals surface area contributed by atoms with E-state index >= 15 is 0 Å². The van der Waals surface area contributed by atoms with Gasteiger partial charge in [0.15, 0.2) is 0 Å². The fourth-order valence-electron chi connectivity index (χ4n) is 3.55. The summed E-state index contributed by atoms with van der Waals surface area (Å²) in [7, 11) is 0. The number of nitrogens with one attached hydrogen (secondary N) is 1. The molecule has 0 saturated carbocycles. The summed E-state index contributed by atoms with van der Waals surface area (Å²) in [6.07, 6.45) is 1.09. The van der Waals surface area contributed by atoms with Gasteiger partial charge in [-0.25, -0.2) is 4.63 Å². The van der Waals surface area contributed by atoms with E-state index in [1.54, 1.807) is 30.3 Å². The second-order valence-corrected chi connectivity index (χ2v) is 8.34. The van der Waals surface area contributed by atoms with Gasteiger partial charge in [0.05, 0.1) is 16.1 Å². The van der Waals surface area contributed by atoms with Crippen LogP contribution in [-0.4, -0.2) is 64.6 Å². The van der Waals surface area contributed by atoms with Crippen molar-refractivity contribution in [3.8, 4) is 5.75 Å². The first kappa shape index (κ1) is 21.8. The summed E-state index contributed by atoms with van der Waals surface area (Å²) < 4.78 is 10.6. The zero-order valence-electron chi connectivity index (χ0n) is 16.6. The van der Waals surface area contributed by atoms with E-state index in [2.05, 4.69) is 25.2 Å². The van der Waals surface area contributed by atoms with E-state index in [9.17, 15) is 9.90 Å². The van der Waals surface area contributed by atoms with E-state index in [0.717, 1.165) is 25.9 Å². The molecule has 3 aromatic rings. The lowest BCUT2D eigenvalue weighted by Gasteiger charge is -2.33. The number of fused-ring (bicyclic) bond motifs is 1. The van der Waals surface area contributed by atoms with Crippen molar-refractivity contribution in [3.05, 3.63) is 52.0 Å². The van der Waals surface area contributed by atoms with Gasteiger partial charge >= 0.3 is 0 Å². The second-order valence-electron chi connectivity index (χ2n) is 7.53. The predicted molar refractivity (Wildman–Crippen MR) is 117 cm³/mol. The quantitative estimate of drug-likeness (QED) is 0.553. The zero-order valence-corrected chi connectivity index (χ0v) is 18.1. The molecule has 2 aromatic carbocycles. The molecule has 1 fully saturated rings. The normalized spacial score (nSPS) is 16.4. The van der Waals surface area contributed by atoms with Crippen LogP contribution in [0, 0.1) is 0 Å². The first-order valence-corrected chi connectivity index (χ1v) is 10.8. The van der Waals surface area contributed by atoms with Gasteiger partial charge in [-0.3, -0.25) is 4.79 Å². The maximum absolute atomic E-state index is 12.3. The SMILES string of the molecule is O=C(NCC(O)CN1CCC(Oc2ccc(Cl)c(Cl)c2)CC1)c1ccc2nonc2c1. The van der Waals surface area contributed by atoms with E-state index in [4.69, 9.17) is 27.9 Å². The minimum atomic E-state index is -0.672. The minimum absolute atomic E-state index is 0.0891. The van der Waals surface area contributed by atoms with Crippen LogP contribution >= 0.6 is 23.2 Å². The fourth-order valence-corrected chi connectivity index (χ4v) is 3.84. The maximum atomic E-state index is 12.3. The van der Waals surface area contributed by atoms with Gasteiger partial charge in [0, 0.05) is 37.8 Å². The van der Waals surface area contributed by atoms with Crippen LogP contribution in [0.4, 0.5) is 0 Å². The van der Waals surface area contributed by atoms with Crippen LogP contribution in [0.1, 0.15) is 23.2 Å². The Labute approximate surface area is 189 Å². The van der Waals surface area contributed by atoms with E-state index in [1.807, 2.05) is 6.07 Å². The molecule has 2 N–H and O–H groups in total. The minimum Gasteiger partial charge on any atom is -0.490 e. The third-order valence-electron chi connectivity index (χ3n) is 5.21. The number of aromatic nitrogens is 2. The highest BCUT2D eigenvalue weighted by atomic mass is 35.5. The van der Waals surface area contributed by atoms with Crippen molar-refractivity contribution in [2.75, 3.05) is 26.2 Å². The average Bonchev–Trinajstić information content (AvgIpc) is 3.24. The molecule has 1 saturated heterocycles. The lowest BCUT2D eigenvalue weighted by molar-refractivity contribution is 0.0594. The highest BCUT2D eigenvalue weighted by molar-refractivity contribution is 6.42. The fraction of sp³-hybridized carbons (Fsp3) is 0.381. The van der Waals surface area contributed by atoms with Crippen molar-refractivity contribution >= 4 is 40.1 Å². The molecule has 0 bridgehead atoms. The van der Waals surface area contributed by atoms with Gasteiger partial charge < -0.3 is 20.1 Å². The van der Waals surface area contributed by atoms with Gasteiger partial charge in [0.25, 0.3) is 5.91 Å². The van der Waals surface area contributed by atoms with Gasteiger partial charge in [-0.1, -0.05) is 23.2 Å². The number of carbonyl (C=O) groups is 1. The number of aliphatic hydroxyl groups is 1. The number of halogens is 2. The van der Waals surface area contributed by atoms with Crippen molar-refractivity contribution in [2.45, 2.75) is 25.0 Å². The van der Waals surface area contributed by atoms with Crippen LogP contribution in [0.25, 0.3) is 11.0 Å². The molecule has 1 aromatic heterocycles.